The van der Waals surface area contributed by atoms with Gasteiger partial charge >= 0.3 is 0 Å². The molecule has 110 valence electrons. The number of amides is 1. The number of rotatable bonds is 4. The van der Waals surface area contributed by atoms with E-state index < -0.39 is 9.84 Å². The number of hydrogen-bond acceptors (Lipinski definition) is 4. The first-order valence-corrected chi connectivity index (χ1v) is 8.95. The molecule has 2 heterocycles. The molecule has 1 amide bonds. The van der Waals surface area contributed by atoms with Gasteiger partial charge in [-0.1, -0.05) is 20.8 Å². The van der Waals surface area contributed by atoms with Gasteiger partial charge in [-0.05, 0) is 25.2 Å². The summed E-state index contributed by atoms with van der Waals surface area (Å²) in [7, 11) is -2.95. The number of nitrogens with zero attached hydrogens (tertiary/aromatic N) is 1. The maximum atomic E-state index is 12.4. The molecular formula is C13H24N2O3S. The second-order valence-electron chi connectivity index (χ2n) is 6.08. The van der Waals surface area contributed by atoms with Crippen molar-refractivity contribution in [3.63, 3.8) is 0 Å². The maximum absolute atomic E-state index is 12.4. The van der Waals surface area contributed by atoms with Gasteiger partial charge in [0.2, 0.25) is 5.91 Å². The van der Waals surface area contributed by atoms with E-state index in [4.69, 9.17) is 0 Å². The van der Waals surface area contributed by atoms with Crippen LogP contribution in [0.3, 0.4) is 0 Å². The minimum atomic E-state index is -2.95. The summed E-state index contributed by atoms with van der Waals surface area (Å²) in [6, 6.07) is -0.280. The molecule has 3 atom stereocenters. The Morgan fingerprint density at radius 3 is 2.58 bits per heavy atom. The van der Waals surface area contributed by atoms with Crippen LogP contribution in [0.4, 0.5) is 0 Å². The molecule has 2 aliphatic rings. The van der Waals surface area contributed by atoms with E-state index in [9.17, 15) is 13.2 Å². The normalized spacial score (nSPS) is 34.4. The molecule has 0 bridgehead atoms. The van der Waals surface area contributed by atoms with Crippen LogP contribution in [0, 0.1) is 5.92 Å². The third-order valence-corrected chi connectivity index (χ3v) is 5.74. The Bertz CT molecular complexity index is 447. The van der Waals surface area contributed by atoms with Crippen LogP contribution < -0.4 is 5.32 Å². The molecule has 0 aromatic heterocycles. The number of hydrogen-bond donors (Lipinski definition) is 1. The summed E-state index contributed by atoms with van der Waals surface area (Å²) in [5.41, 5.74) is 0. The Balaban J connectivity index is 2.16. The van der Waals surface area contributed by atoms with Crippen molar-refractivity contribution >= 4 is 15.7 Å². The van der Waals surface area contributed by atoms with Crippen LogP contribution in [0.5, 0.6) is 0 Å². The molecule has 0 spiro atoms. The Morgan fingerprint density at radius 2 is 2.11 bits per heavy atom. The van der Waals surface area contributed by atoms with E-state index in [2.05, 4.69) is 19.2 Å². The minimum Gasteiger partial charge on any atom is -0.322 e. The van der Waals surface area contributed by atoms with Crippen molar-refractivity contribution in [1.29, 1.82) is 0 Å². The van der Waals surface area contributed by atoms with Crippen LogP contribution in [0.2, 0.25) is 0 Å². The predicted molar refractivity (Wildman–Crippen MR) is 74.4 cm³/mol. The van der Waals surface area contributed by atoms with Crippen molar-refractivity contribution in [3.8, 4) is 0 Å². The van der Waals surface area contributed by atoms with Crippen LogP contribution >= 0.6 is 0 Å². The van der Waals surface area contributed by atoms with Crippen molar-refractivity contribution in [2.75, 3.05) is 11.5 Å². The fourth-order valence-electron chi connectivity index (χ4n) is 3.07. The summed E-state index contributed by atoms with van der Waals surface area (Å²) in [6.45, 7) is 6.22. The van der Waals surface area contributed by atoms with Gasteiger partial charge in [0.25, 0.3) is 0 Å². The number of carbonyl (C=O) groups excluding carboxylic acids is 1. The van der Waals surface area contributed by atoms with E-state index in [0.29, 0.717) is 12.3 Å². The second kappa shape index (κ2) is 5.40. The summed E-state index contributed by atoms with van der Waals surface area (Å²) < 4.78 is 23.3. The molecule has 0 aromatic rings. The van der Waals surface area contributed by atoms with E-state index in [1.807, 2.05) is 11.8 Å². The molecule has 0 aliphatic carbocycles. The topological polar surface area (TPSA) is 66.5 Å². The molecule has 2 aliphatic heterocycles. The number of sulfone groups is 1. The highest BCUT2D eigenvalue weighted by Crippen LogP contribution is 2.27. The lowest BCUT2D eigenvalue weighted by Gasteiger charge is -2.30. The van der Waals surface area contributed by atoms with Crippen LogP contribution in [-0.4, -0.2) is 49.0 Å². The van der Waals surface area contributed by atoms with Gasteiger partial charge in [-0.3, -0.25) is 10.1 Å². The fraction of sp³-hybridized carbons (Fsp3) is 0.923. The Hall–Kier alpha value is -0.620. The Labute approximate surface area is 115 Å². The molecule has 0 aromatic carbocycles. The van der Waals surface area contributed by atoms with Gasteiger partial charge in [-0.25, -0.2) is 8.42 Å². The first-order chi connectivity index (χ1) is 8.84. The van der Waals surface area contributed by atoms with Crippen LogP contribution in [0.25, 0.3) is 0 Å². The van der Waals surface area contributed by atoms with Gasteiger partial charge in [0, 0.05) is 6.04 Å². The lowest BCUT2D eigenvalue weighted by Crippen LogP contribution is -2.45. The van der Waals surface area contributed by atoms with E-state index in [1.54, 1.807) is 0 Å². The van der Waals surface area contributed by atoms with Crippen molar-refractivity contribution in [2.24, 2.45) is 5.92 Å². The highest BCUT2D eigenvalue weighted by molar-refractivity contribution is 7.91. The SMILES string of the molecule is CCC1NC(CC(C)C)N(C2CCS(=O)(=O)C2)C1=O. The van der Waals surface area contributed by atoms with Crippen LogP contribution in [0.15, 0.2) is 0 Å². The number of nitrogens with one attached hydrogen (secondary N) is 1. The third kappa shape index (κ3) is 3.11. The van der Waals surface area contributed by atoms with Gasteiger partial charge in [-0.15, -0.1) is 0 Å². The van der Waals surface area contributed by atoms with Crippen LogP contribution in [0.1, 0.15) is 40.0 Å². The van der Waals surface area contributed by atoms with Crippen molar-refractivity contribution in [2.45, 2.75) is 58.3 Å². The van der Waals surface area contributed by atoms with Crippen LogP contribution in [-0.2, 0) is 14.6 Å². The van der Waals surface area contributed by atoms with E-state index in [1.165, 1.54) is 0 Å². The predicted octanol–water partition coefficient (Wildman–Crippen LogP) is 0.756. The molecule has 1 N–H and O–H groups in total. The zero-order chi connectivity index (χ0) is 14.2. The van der Waals surface area contributed by atoms with Crippen molar-refractivity contribution in [1.82, 2.24) is 10.2 Å². The Morgan fingerprint density at radius 1 is 1.42 bits per heavy atom. The van der Waals surface area contributed by atoms with Gasteiger partial charge in [-0.2, -0.15) is 0 Å². The minimum absolute atomic E-state index is 0.00394. The second-order valence-corrected chi connectivity index (χ2v) is 8.30. The van der Waals surface area contributed by atoms with Gasteiger partial charge in [0.05, 0.1) is 23.7 Å². The zero-order valence-electron chi connectivity index (χ0n) is 11.9. The highest BCUT2D eigenvalue weighted by Gasteiger charge is 2.45. The van der Waals surface area contributed by atoms with Crippen molar-refractivity contribution < 1.29 is 13.2 Å². The molecule has 6 heteroatoms. The molecule has 2 saturated heterocycles. The first kappa shape index (κ1) is 14.8. The van der Waals surface area contributed by atoms with Gasteiger partial charge < -0.3 is 4.90 Å². The molecule has 5 nitrogen and oxygen atoms in total. The summed E-state index contributed by atoms with van der Waals surface area (Å²) in [5, 5.41) is 3.36. The average Bonchev–Trinajstić information content (AvgIpc) is 2.78. The quantitative estimate of drug-likeness (QED) is 0.829. The lowest BCUT2D eigenvalue weighted by atomic mass is 10.1. The molecule has 3 unspecified atom stereocenters. The summed E-state index contributed by atoms with van der Waals surface area (Å²) in [5.74, 6) is 0.898. The van der Waals surface area contributed by atoms with E-state index >= 15 is 0 Å². The van der Waals surface area contributed by atoms with Gasteiger partial charge in [0.15, 0.2) is 9.84 Å². The molecule has 0 saturated carbocycles. The molecular weight excluding hydrogens is 264 g/mol. The van der Waals surface area contributed by atoms with Gasteiger partial charge in [0.1, 0.15) is 0 Å². The maximum Gasteiger partial charge on any atom is 0.241 e. The summed E-state index contributed by atoms with van der Waals surface area (Å²) in [6.07, 6.45) is 2.21. The largest absolute Gasteiger partial charge is 0.322 e. The first-order valence-electron chi connectivity index (χ1n) is 7.12. The zero-order valence-corrected chi connectivity index (χ0v) is 12.7. The average molecular weight is 288 g/mol. The fourth-order valence-corrected chi connectivity index (χ4v) is 4.78. The highest BCUT2D eigenvalue weighted by atomic mass is 32.2. The monoisotopic (exact) mass is 288 g/mol. The van der Waals surface area contributed by atoms with E-state index in [-0.39, 0.29) is 35.7 Å². The Kier molecular flexibility index (Phi) is 4.20. The number of carbonyl (C=O) groups is 1. The van der Waals surface area contributed by atoms with Crippen molar-refractivity contribution in [3.05, 3.63) is 0 Å². The third-order valence-electron chi connectivity index (χ3n) is 3.99. The molecule has 19 heavy (non-hydrogen) atoms. The van der Waals surface area contributed by atoms with E-state index in [0.717, 1.165) is 12.8 Å². The molecule has 2 rings (SSSR count). The summed E-state index contributed by atoms with van der Waals surface area (Å²) >= 11 is 0. The standard InChI is InChI=1S/C13H24N2O3S/c1-4-11-13(16)15(12(14-11)7-9(2)3)10-5-6-19(17,18)8-10/h9-12,14H,4-8H2,1-3H3. The lowest BCUT2D eigenvalue weighted by molar-refractivity contribution is -0.132. The smallest absolute Gasteiger partial charge is 0.241 e. The molecule has 2 fully saturated rings. The molecule has 0 radical (unpaired) electrons. The summed E-state index contributed by atoms with van der Waals surface area (Å²) in [4.78, 5) is 14.2.